The molecule has 3 N–H and O–H groups in total. The van der Waals surface area contributed by atoms with Crippen molar-refractivity contribution in [3.8, 4) is 11.5 Å². The van der Waals surface area contributed by atoms with E-state index in [1.54, 1.807) is 6.07 Å². The Hall–Kier alpha value is -1.64. The van der Waals surface area contributed by atoms with Crippen molar-refractivity contribution in [3.63, 3.8) is 0 Å². The van der Waals surface area contributed by atoms with Crippen LogP contribution in [0.4, 0.5) is 5.69 Å². The van der Waals surface area contributed by atoms with Crippen LogP contribution in [-0.4, -0.2) is 22.6 Å². The van der Waals surface area contributed by atoms with E-state index < -0.39 is 0 Å². The number of rotatable bonds is 3. The zero-order valence-electron chi connectivity index (χ0n) is 9.61. The van der Waals surface area contributed by atoms with Gasteiger partial charge in [-0.05, 0) is 47.7 Å². The fourth-order valence-electron chi connectivity index (χ4n) is 1.38. The lowest BCUT2D eigenvalue weighted by Gasteiger charge is -2.00. The van der Waals surface area contributed by atoms with E-state index in [0.29, 0.717) is 17.8 Å². The summed E-state index contributed by atoms with van der Waals surface area (Å²) in [4.78, 5) is 15.5. The van der Waals surface area contributed by atoms with Gasteiger partial charge >= 0.3 is 0 Å². The topological polar surface area (TPSA) is 94.0 Å². The van der Waals surface area contributed by atoms with Crippen molar-refractivity contribution in [3.05, 3.63) is 27.6 Å². The molecular formula is C11H11IN4O2. The van der Waals surface area contributed by atoms with Crippen LogP contribution in [0, 0.1) is 3.57 Å². The van der Waals surface area contributed by atoms with Gasteiger partial charge in [-0.3, -0.25) is 4.79 Å². The summed E-state index contributed by atoms with van der Waals surface area (Å²) in [6.45, 7) is 2.32. The van der Waals surface area contributed by atoms with Crippen molar-refractivity contribution >= 4 is 34.2 Å². The molecule has 0 aliphatic heterocycles. The molecule has 0 unspecified atom stereocenters. The number of hydrogen-bond acceptors (Lipinski definition) is 5. The second-order valence-electron chi connectivity index (χ2n) is 3.51. The number of benzene rings is 1. The third kappa shape index (κ3) is 2.61. The lowest BCUT2D eigenvalue weighted by Crippen LogP contribution is -2.23. The molecule has 0 saturated heterocycles. The van der Waals surface area contributed by atoms with E-state index in [2.05, 4.69) is 38.0 Å². The van der Waals surface area contributed by atoms with Crippen molar-refractivity contribution in [2.75, 3.05) is 12.3 Å². The Kier molecular flexibility index (Phi) is 3.80. The Morgan fingerprint density at radius 1 is 1.56 bits per heavy atom. The lowest BCUT2D eigenvalue weighted by molar-refractivity contribution is 0.0942. The molecule has 0 spiro atoms. The van der Waals surface area contributed by atoms with Crippen LogP contribution in [0.5, 0.6) is 0 Å². The largest absolute Gasteiger partial charge is 0.398 e. The van der Waals surface area contributed by atoms with Crippen LogP contribution in [0.25, 0.3) is 11.5 Å². The van der Waals surface area contributed by atoms with E-state index in [0.717, 1.165) is 3.57 Å². The van der Waals surface area contributed by atoms with Crippen LogP contribution < -0.4 is 11.1 Å². The molecule has 94 valence electrons. The predicted octanol–water partition coefficient (Wildman–Crippen LogP) is 1.67. The van der Waals surface area contributed by atoms with Crippen LogP contribution in [0.15, 0.2) is 22.7 Å². The monoisotopic (exact) mass is 358 g/mol. The van der Waals surface area contributed by atoms with Gasteiger partial charge in [-0.25, -0.2) is 0 Å². The fourth-order valence-corrected chi connectivity index (χ4v) is 1.87. The van der Waals surface area contributed by atoms with Gasteiger partial charge in [-0.1, -0.05) is 5.16 Å². The molecule has 0 bridgehead atoms. The molecule has 2 aromatic rings. The van der Waals surface area contributed by atoms with Gasteiger partial charge in [0.1, 0.15) is 0 Å². The molecule has 0 radical (unpaired) electrons. The molecule has 2 rings (SSSR count). The standard InChI is InChI=1S/C11H11IN4O2/c1-2-14-10(17)9-15-11(18-16-9)7-5-6(12)3-4-8(7)13/h3-5H,2,13H2,1H3,(H,14,17). The summed E-state index contributed by atoms with van der Waals surface area (Å²) in [6.07, 6.45) is 0. The van der Waals surface area contributed by atoms with Crippen molar-refractivity contribution in [2.45, 2.75) is 6.92 Å². The lowest BCUT2D eigenvalue weighted by atomic mass is 10.2. The molecule has 6 nitrogen and oxygen atoms in total. The molecule has 0 aliphatic rings. The maximum atomic E-state index is 11.5. The first kappa shape index (κ1) is 12.8. The molecule has 0 aliphatic carbocycles. The second-order valence-corrected chi connectivity index (χ2v) is 4.76. The Bertz CT molecular complexity index is 582. The maximum Gasteiger partial charge on any atom is 0.292 e. The zero-order chi connectivity index (χ0) is 13.1. The third-order valence-corrected chi connectivity index (χ3v) is 2.88. The minimum atomic E-state index is -0.364. The number of carbonyl (C=O) groups is 1. The van der Waals surface area contributed by atoms with Crippen LogP contribution in [-0.2, 0) is 0 Å². The summed E-state index contributed by atoms with van der Waals surface area (Å²) in [6, 6.07) is 5.46. The number of nitrogens with two attached hydrogens (primary N) is 1. The highest BCUT2D eigenvalue weighted by atomic mass is 127. The van der Waals surface area contributed by atoms with E-state index in [1.807, 2.05) is 19.1 Å². The number of anilines is 1. The molecule has 7 heteroatoms. The summed E-state index contributed by atoms with van der Waals surface area (Å²) < 4.78 is 6.04. The average Bonchev–Trinajstić information content (AvgIpc) is 2.82. The van der Waals surface area contributed by atoms with Crippen LogP contribution in [0.1, 0.15) is 17.5 Å². The van der Waals surface area contributed by atoms with E-state index in [4.69, 9.17) is 10.3 Å². The van der Waals surface area contributed by atoms with Gasteiger partial charge in [0, 0.05) is 15.8 Å². The molecule has 1 aromatic heterocycles. The Morgan fingerprint density at radius 2 is 2.33 bits per heavy atom. The van der Waals surface area contributed by atoms with E-state index in [-0.39, 0.29) is 17.6 Å². The van der Waals surface area contributed by atoms with Crippen LogP contribution in [0.3, 0.4) is 0 Å². The highest BCUT2D eigenvalue weighted by molar-refractivity contribution is 14.1. The molecule has 1 aromatic carbocycles. The number of nitrogens with one attached hydrogen (secondary N) is 1. The highest BCUT2D eigenvalue weighted by Gasteiger charge is 2.16. The molecule has 0 fully saturated rings. The summed E-state index contributed by atoms with van der Waals surface area (Å²) in [7, 11) is 0. The van der Waals surface area contributed by atoms with Gasteiger partial charge in [-0.2, -0.15) is 4.98 Å². The van der Waals surface area contributed by atoms with E-state index in [9.17, 15) is 4.79 Å². The van der Waals surface area contributed by atoms with Crippen molar-refractivity contribution in [1.29, 1.82) is 0 Å². The van der Waals surface area contributed by atoms with Gasteiger partial charge in [-0.15, -0.1) is 0 Å². The highest BCUT2D eigenvalue weighted by Crippen LogP contribution is 2.26. The first-order chi connectivity index (χ1) is 8.61. The quantitative estimate of drug-likeness (QED) is 0.643. The Labute approximate surface area is 117 Å². The van der Waals surface area contributed by atoms with Gasteiger partial charge in [0.05, 0.1) is 5.56 Å². The van der Waals surface area contributed by atoms with Crippen LogP contribution >= 0.6 is 22.6 Å². The maximum absolute atomic E-state index is 11.5. The number of carbonyl (C=O) groups excluding carboxylic acids is 1. The van der Waals surface area contributed by atoms with Gasteiger partial charge in [0.15, 0.2) is 0 Å². The fraction of sp³-hybridized carbons (Fsp3) is 0.182. The Balaban J connectivity index is 2.35. The molecule has 1 heterocycles. The number of amides is 1. The minimum absolute atomic E-state index is 0.00473. The number of aromatic nitrogens is 2. The molecule has 0 saturated carbocycles. The number of nitrogen functional groups attached to an aromatic ring is 1. The van der Waals surface area contributed by atoms with E-state index >= 15 is 0 Å². The smallest absolute Gasteiger partial charge is 0.292 e. The molecule has 18 heavy (non-hydrogen) atoms. The van der Waals surface area contributed by atoms with Gasteiger partial charge in [0.2, 0.25) is 0 Å². The van der Waals surface area contributed by atoms with Crippen molar-refractivity contribution < 1.29 is 9.32 Å². The number of hydrogen-bond donors (Lipinski definition) is 2. The molecular weight excluding hydrogens is 347 g/mol. The summed E-state index contributed by atoms with van der Waals surface area (Å²) in [5, 5.41) is 6.22. The van der Waals surface area contributed by atoms with E-state index in [1.165, 1.54) is 0 Å². The van der Waals surface area contributed by atoms with Crippen molar-refractivity contribution in [2.24, 2.45) is 0 Å². The summed E-state index contributed by atoms with van der Waals surface area (Å²) in [5.41, 5.74) is 6.99. The number of halogens is 1. The van der Waals surface area contributed by atoms with Crippen molar-refractivity contribution in [1.82, 2.24) is 15.5 Å². The summed E-state index contributed by atoms with van der Waals surface area (Å²) in [5.74, 6) is -0.117. The zero-order valence-corrected chi connectivity index (χ0v) is 11.8. The minimum Gasteiger partial charge on any atom is -0.398 e. The van der Waals surface area contributed by atoms with Crippen LogP contribution in [0.2, 0.25) is 0 Å². The first-order valence-corrected chi connectivity index (χ1v) is 6.37. The van der Waals surface area contributed by atoms with Gasteiger partial charge in [0.25, 0.3) is 17.6 Å². The molecule has 1 amide bonds. The number of nitrogens with zero attached hydrogens (tertiary/aromatic N) is 2. The predicted molar refractivity (Wildman–Crippen MR) is 74.9 cm³/mol. The summed E-state index contributed by atoms with van der Waals surface area (Å²) >= 11 is 2.16. The van der Waals surface area contributed by atoms with Gasteiger partial charge < -0.3 is 15.6 Å². The first-order valence-electron chi connectivity index (χ1n) is 5.29. The molecule has 0 atom stereocenters. The normalized spacial score (nSPS) is 10.3. The SMILES string of the molecule is CCNC(=O)c1noc(-c2cc(I)ccc2N)n1. The average molecular weight is 358 g/mol. The second kappa shape index (κ2) is 5.34. The third-order valence-electron chi connectivity index (χ3n) is 2.21. The Morgan fingerprint density at radius 3 is 3.06 bits per heavy atom.